The van der Waals surface area contributed by atoms with Gasteiger partial charge < -0.3 is 15.7 Å². The summed E-state index contributed by atoms with van der Waals surface area (Å²) >= 11 is 3.21. The number of carbonyl (C=O) groups is 2. The molecule has 142 valence electrons. The van der Waals surface area contributed by atoms with Crippen LogP contribution in [-0.2, 0) is 0 Å². The number of aromatic nitrogens is 1. The molecule has 27 heavy (non-hydrogen) atoms. The van der Waals surface area contributed by atoms with Crippen molar-refractivity contribution >= 4 is 27.7 Å². The van der Waals surface area contributed by atoms with Crippen molar-refractivity contribution < 1.29 is 27.9 Å². The number of carbonyl (C=O) groups excluding carboxylic acids is 2. The Labute approximate surface area is 159 Å². The van der Waals surface area contributed by atoms with Crippen LogP contribution >= 0.6 is 15.9 Å². The molecule has 0 radical (unpaired) electrons. The summed E-state index contributed by atoms with van der Waals surface area (Å²) in [6.45, 7) is 0. The number of benzene rings is 1. The first-order valence-corrected chi connectivity index (χ1v) is 8.50. The maximum Gasteiger partial charge on any atom is 0.437 e. The average molecular weight is 444 g/mol. The molecule has 2 heterocycles. The van der Waals surface area contributed by atoms with Gasteiger partial charge >= 0.3 is 12.2 Å². The maximum absolute atomic E-state index is 13.7. The third-order valence-corrected chi connectivity index (χ3v) is 4.74. The molecule has 0 spiro atoms. The summed E-state index contributed by atoms with van der Waals surface area (Å²) in [5.41, 5.74) is -3.65. The molecule has 0 bridgehead atoms. The number of hydrogen-bond acceptors (Lipinski definition) is 4. The summed E-state index contributed by atoms with van der Waals surface area (Å²) in [6.07, 6.45) is -2.83. The number of aliphatic hydroxyl groups is 1. The molecule has 1 aromatic heterocycles. The molecule has 6 nitrogen and oxygen atoms in total. The van der Waals surface area contributed by atoms with Crippen LogP contribution in [0.4, 0.5) is 18.0 Å². The highest BCUT2D eigenvalue weighted by molar-refractivity contribution is 9.10. The van der Waals surface area contributed by atoms with Crippen LogP contribution in [0.25, 0.3) is 0 Å². The lowest BCUT2D eigenvalue weighted by atomic mass is 9.77. The van der Waals surface area contributed by atoms with Crippen molar-refractivity contribution in [1.29, 1.82) is 0 Å². The Bertz CT molecular complexity index is 878. The van der Waals surface area contributed by atoms with Crippen LogP contribution in [0.3, 0.4) is 0 Å². The first-order chi connectivity index (χ1) is 12.6. The van der Waals surface area contributed by atoms with Gasteiger partial charge in [0.15, 0.2) is 5.78 Å². The second-order valence-corrected chi connectivity index (χ2v) is 6.89. The molecule has 1 aliphatic heterocycles. The number of pyridine rings is 1. The van der Waals surface area contributed by atoms with Crippen molar-refractivity contribution in [2.45, 2.75) is 17.9 Å². The molecular formula is C17H13BrF3N3O3. The predicted octanol–water partition coefficient (Wildman–Crippen LogP) is 2.95. The van der Waals surface area contributed by atoms with Gasteiger partial charge in [0.05, 0.1) is 6.04 Å². The highest BCUT2D eigenvalue weighted by atomic mass is 79.9. The van der Waals surface area contributed by atoms with Crippen molar-refractivity contribution in [2.24, 2.45) is 5.92 Å². The summed E-state index contributed by atoms with van der Waals surface area (Å²) in [6, 6.07) is 6.14. The molecule has 1 aromatic carbocycles. The van der Waals surface area contributed by atoms with Gasteiger partial charge in [-0.05, 0) is 29.8 Å². The van der Waals surface area contributed by atoms with Gasteiger partial charge in [0.2, 0.25) is 5.72 Å². The van der Waals surface area contributed by atoms with Gasteiger partial charge in [-0.25, -0.2) is 4.79 Å². The van der Waals surface area contributed by atoms with E-state index in [1.165, 1.54) is 35.8 Å². The zero-order valence-electron chi connectivity index (χ0n) is 13.5. The molecule has 2 aromatic rings. The van der Waals surface area contributed by atoms with Crippen LogP contribution in [0.1, 0.15) is 22.0 Å². The SMILES string of the molecule is O=C1N[C@H](c2cccc(Br)c2)[C@@H](C(=O)c2cccnc2)[C@](O)(C(F)(F)F)N1. The number of amides is 2. The van der Waals surface area contributed by atoms with Crippen LogP contribution in [0, 0.1) is 5.92 Å². The largest absolute Gasteiger partial charge is 0.437 e. The highest BCUT2D eigenvalue weighted by Crippen LogP contribution is 2.44. The third kappa shape index (κ3) is 3.54. The van der Waals surface area contributed by atoms with E-state index in [1.54, 1.807) is 12.1 Å². The van der Waals surface area contributed by atoms with E-state index < -0.39 is 35.7 Å². The minimum atomic E-state index is -5.29. The quantitative estimate of drug-likeness (QED) is 0.636. The van der Waals surface area contributed by atoms with E-state index >= 15 is 0 Å². The van der Waals surface area contributed by atoms with Gasteiger partial charge in [-0.3, -0.25) is 9.78 Å². The number of rotatable bonds is 3. The average Bonchev–Trinajstić information content (AvgIpc) is 2.60. The van der Waals surface area contributed by atoms with Crippen molar-refractivity contribution in [3.05, 3.63) is 64.4 Å². The molecule has 2 amide bonds. The molecule has 0 aliphatic carbocycles. The molecule has 0 saturated carbocycles. The minimum Gasteiger partial charge on any atom is -0.363 e. The number of hydrogen-bond donors (Lipinski definition) is 3. The van der Waals surface area contributed by atoms with Crippen molar-refractivity contribution in [3.8, 4) is 0 Å². The molecule has 3 rings (SSSR count). The van der Waals surface area contributed by atoms with Crippen molar-refractivity contribution in [3.63, 3.8) is 0 Å². The number of nitrogens with zero attached hydrogens (tertiary/aromatic N) is 1. The molecule has 0 unspecified atom stereocenters. The van der Waals surface area contributed by atoms with E-state index in [0.717, 1.165) is 6.20 Å². The monoisotopic (exact) mass is 443 g/mol. The lowest BCUT2D eigenvalue weighted by Crippen LogP contribution is -2.72. The zero-order chi connectivity index (χ0) is 19.8. The van der Waals surface area contributed by atoms with E-state index in [-0.39, 0.29) is 11.1 Å². The summed E-state index contributed by atoms with van der Waals surface area (Å²) < 4.78 is 41.7. The fourth-order valence-corrected chi connectivity index (χ4v) is 3.42. The summed E-state index contributed by atoms with van der Waals surface area (Å²) in [7, 11) is 0. The van der Waals surface area contributed by atoms with Gasteiger partial charge in [0.25, 0.3) is 0 Å². The van der Waals surface area contributed by atoms with E-state index in [2.05, 4.69) is 26.2 Å². The van der Waals surface area contributed by atoms with Gasteiger partial charge in [-0.15, -0.1) is 0 Å². The summed E-state index contributed by atoms with van der Waals surface area (Å²) in [4.78, 5) is 28.6. The number of nitrogens with one attached hydrogen (secondary N) is 2. The number of ketones is 1. The lowest BCUT2D eigenvalue weighted by Gasteiger charge is -2.45. The van der Waals surface area contributed by atoms with Crippen LogP contribution in [-0.4, -0.2) is 33.8 Å². The molecular weight excluding hydrogens is 431 g/mol. The summed E-state index contributed by atoms with van der Waals surface area (Å²) in [5, 5.41) is 14.2. The Morgan fingerprint density at radius 1 is 1.26 bits per heavy atom. The Kier molecular flexibility index (Phi) is 4.96. The number of Topliss-reactive ketones (excluding diaryl/α,β-unsaturated/α-hetero) is 1. The molecule has 1 aliphatic rings. The van der Waals surface area contributed by atoms with E-state index in [1.807, 2.05) is 0 Å². The van der Waals surface area contributed by atoms with E-state index in [9.17, 15) is 27.9 Å². The number of halogens is 4. The second kappa shape index (κ2) is 6.93. The predicted molar refractivity (Wildman–Crippen MR) is 91.6 cm³/mol. The van der Waals surface area contributed by atoms with Gasteiger partial charge in [-0.1, -0.05) is 28.1 Å². The molecule has 1 fully saturated rings. The first kappa shape index (κ1) is 19.3. The van der Waals surface area contributed by atoms with Crippen LogP contribution in [0.2, 0.25) is 0 Å². The highest BCUT2D eigenvalue weighted by Gasteiger charge is 2.66. The molecule has 1 saturated heterocycles. The fourth-order valence-electron chi connectivity index (χ4n) is 3.00. The smallest absolute Gasteiger partial charge is 0.363 e. The van der Waals surface area contributed by atoms with Gasteiger partial charge in [0, 0.05) is 22.4 Å². The van der Waals surface area contributed by atoms with Crippen LogP contribution in [0.15, 0.2) is 53.3 Å². The zero-order valence-corrected chi connectivity index (χ0v) is 15.1. The van der Waals surface area contributed by atoms with Crippen molar-refractivity contribution in [2.75, 3.05) is 0 Å². The Morgan fingerprint density at radius 2 is 2.00 bits per heavy atom. The third-order valence-electron chi connectivity index (χ3n) is 4.24. The van der Waals surface area contributed by atoms with E-state index in [4.69, 9.17) is 0 Å². The second-order valence-electron chi connectivity index (χ2n) is 5.98. The van der Waals surface area contributed by atoms with Crippen molar-refractivity contribution in [1.82, 2.24) is 15.6 Å². The topological polar surface area (TPSA) is 91.3 Å². The maximum atomic E-state index is 13.7. The minimum absolute atomic E-state index is 0.122. The van der Waals surface area contributed by atoms with Gasteiger partial charge in [0.1, 0.15) is 5.92 Å². The Balaban J connectivity index is 2.17. The fraction of sp³-hybridized carbons (Fsp3) is 0.235. The Morgan fingerprint density at radius 3 is 2.59 bits per heavy atom. The molecule has 3 N–H and O–H groups in total. The van der Waals surface area contributed by atoms with E-state index in [0.29, 0.717) is 4.47 Å². The summed E-state index contributed by atoms with van der Waals surface area (Å²) in [5.74, 6) is -3.09. The standard InChI is InChI=1S/C17H13BrF3N3O3/c18-11-5-1-3-9(7-11)13-12(14(25)10-4-2-6-22-8-10)16(27,17(19,20)21)24-15(26)23-13/h1-8,12-13,27H,(H2,23,24,26)/t12-,13+,16-/m0/s1. The lowest BCUT2D eigenvalue weighted by molar-refractivity contribution is -0.287. The molecule has 10 heteroatoms. The van der Waals surface area contributed by atoms with Gasteiger partial charge in [-0.2, -0.15) is 13.2 Å². The number of urea groups is 1. The van der Waals surface area contributed by atoms with Crippen LogP contribution < -0.4 is 10.6 Å². The number of alkyl halides is 3. The normalized spacial score (nSPS) is 25.4. The first-order valence-electron chi connectivity index (χ1n) is 7.71. The van der Waals surface area contributed by atoms with Crippen LogP contribution in [0.5, 0.6) is 0 Å². The Hall–Kier alpha value is -2.46. The molecule has 3 atom stereocenters.